The SMILES string of the molecule is Cc1cc(F)c(O)c(CO)c1. The summed E-state index contributed by atoms with van der Waals surface area (Å²) in [4.78, 5) is 0. The summed E-state index contributed by atoms with van der Waals surface area (Å²) in [7, 11) is 0. The van der Waals surface area contributed by atoms with Crippen LogP contribution in [0.1, 0.15) is 11.1 Å². The molecule has 0 saturated heterocycles. The Balaban J connectivity index is 3.24. The van der Waals surface area contributed by atoms with E-state index in [1.54, 1.807) is 13.0 Å². The van der Waals surface area contributed by atoms with Crippen molar-refractivity contribution in [3.8, 4) is 5.75 Å². The Bertz CT molecular complexity index is 271. The van der Waals surface area contributed by atoms with Gasteiger partial charge >= 0.3 is 0 Å². The average molecular weight is 156 g/mol. The van der Waals surface area contributed by atoms with Gasteiger partial charge in [-0.05, 0) is 24.6 Å². The molecule has 2 nitrogen and oxygen atoms in total. The first kappa shape index (κ1) is 8.01. The second-order valence-electron chi connectivity index (χ2n) is 2.41. The number of aryl methyl sites for hydroxylation is 1. The van der Waals surface area contributed by atoms with Gasteiger partial charge in [0.05, 0.1) is 6.61 Å². The molecule has 60 valence electrons. The summed E-state index contributed by atoms with van der Waals surface area (Å²) in [6.07, 6.45) is 0. The molecule has 0 spiro atoms. The number of rotatable bonds is 1. The van der Waals surface area contributed by atoms with E-state index in [0.717, 1.165) is 0 Å². The molecule has 0 saturated carbocycles. The molecule has 0 heterocycles. The molecule has 0 radical (unpaired) electrons. The molecule has 3 heteroatoms. The highest BCUT2D eigenvalue weighted by molar-refractivity contribution is 5.36. The summed E-state index contributed by atoms with van der Waals surface area (Å²) in [5.74, 6) is -1.15. The van der Waals surface area contributed by atoms with Crippen LogP contribution in [-0.4, -0.2) is 10.2 Å². The van der Waals surface area contributed by atoms with Crippen LogP contribution in [0, 0.1) is 12.7 Å². The van der Waals surface area contributed by atoms with Gasteiger partial charge in [-0.2, -0.15) is 0 Å². The van der Waals surface area contributed by atoms with Gasteiger partial charge in [0, 0.05) is 5.56 Å². The minimum Gasteiger partial charge on any atom is -0.505 e. The summed E-state index contributed by atoms with van der Waals surface area (Å²) in [5, 5.41) is 17.6. The number of aromatic hydroxyl groups is 1. The third-order valence-electron chi connectivity index (χ3n) is 1.46. The van der Waals surface area contributed by atoms with Gasteiger partial charge in [-0.3, -0.25) is 0 Å². The number of halogens is 1. The number of benzene rings is 1. The third-order valence-corrected chi connectivity index (χ3v) is 1.46. The first-order valence-electron chi connectivity index (χ1n) is 3.24. The predicted octanol–water partition coefficient (Wildman–Crippen LogP) is 1.33. The lowest BCUT2D eigenvalue weighted by molar-refractivity contribution is 0.273. The van der Waals surface area contributed by atoms with Gasteiger partial charge in [0.1, 0.15) is 0 Å². The molecule has 0 aliphatic carbocycles. The van der Waals surface area contributed by atoms with Gasteiger partial charge in [0.25, 0.3) is 0 Å². The molecule has 0 atom stereocenters. The van der Waals surface area contributed by atoms with E-state index in [0.29, 0.717) is 5.56 Å². The van der Waals surface area contributed by atoms with Crippen LogP contribution >= 0.6 is 0 Å². The summed E-state index contributed by atoms with van der Waals surface area (Å²) in [5.41, 5.74) is 0.909. The number of hydrogen-bond acceptors (Lipinski definition) is 2. The Morgan fingerprint density at radius 1 is 1.45 bits per heavy atom. The minimum absolute atomic E-state index is 0.225. The molecule has 1 aromatic rings. The lowest BCUT2D eigenvalue weighted by Crippen LogP contribution is -1.89. The van der Waals surface area contributed by atoms with E-state index in [9.17, 15) is 4.39 Å². The second-order valence-corrected chi connectivity index (χ2v) is 2.41. The van der Waals surface area contributed by atoms with Crippen LogP contribution < -0.4 is 0 Å². The fourth-order valence-electron chi connectivity index (χ4n) is 0.927. The highest BCUT2D eigenvalue weighted by atomic mass is 19.1. The molecular formula is C8H9FO2. The fourth-order valence-corrected chi connectivity index (χ4v) is 0.927. The van der Waals surface area contributed by atoms with Gasteiger partial charge in [-0.15, -0.1) is 0 Å². The summed E-state index contributed by atoms with van der Waals surface area (Å²) >= 11 is 0. The number of aliphatic hydroxyl groups excluding tert-OH is 1. The highest BCUT2D eigenvalue weighted by Crippen LogP contribution is 2.22. The Hall–Kier alpha value is -1.09. The maximum absolute atomic E-state index is 12.7. The predicted molar refractivity (Wildman–Crippen MR) is 38.7 cm³/mol. The minimum atomic E-state index is -0.686. The van der Waals surface area contributed by atoms with Crippen molar-refractivity contribution >= 4 is 0 Å². The molecule has 1 aromatic carbocycles. The highest BCUT2D eigenvalue weighted by Gasteiger charge is 2.06. The first-order valence-corrected chi connectivity index (χ1v) is 3.24. The normalized spacial score (nSPS) is 10.1. The monoisotopic (exact) mass is 156 g/mol. The molecule has 0 bridgehead atoms. The summed E-state index contributed by atoms with van der Waals surface area (Å²) < 4.78 is 12.7. The first-order chi connectivity index (χ1) is 5.15. The Kier molecular flexibility index (Phi) is 2.10. The topological polar surface area (TPSA) is 40.5 Å². The van der Waals surface area contributed by atoms with Gasteiger partial charge in [0.15, 0.2) is 11.6 Å². The van der Waals surface area contributed by atoms with Crippen molar-refractivity contribution in [3.05, 3.63) is 29.1 Å². The average Bonchev–Trinajstić information content (AvgIpc) is 1.96. The maximum Gasteiger partial charge on any atom is 0.165 e. The Morgan fingerprint density at radius 2 is 2.09 bits per heavy atom. The van der Waals surface area contributed by atoms with E-state index in [4.69, 9.17) is 10.2 Å². The standard InChI is InChI=1S/C8H9FO2/c1-5-2-6(4-10)8(11)7(9)3-5/h2-3,10-11H,4H2,1H3. The molecule has 0 fully saturated rings. The quantitative estimate of drug-likeness (QED) is 0.644. The van der Waals surface area contributed by atoms with Crippen molar-refractivity contribution < 1.29 is 14.6 Å². The van der Waals surface area contributed by atoms with E-state index in [1.807, 2.05) is 0 Å². The zero-order valence-corrected chi connectivity index (χ0v) is 6.13. The van der Waals surface area contributed by atoms with Gasteiger partial charge in [-0.25, -0.2) is 4.39 Å². The second kappa shape index (κ2) is 2.88. The van der Waals surface area contributed by atoms with Crippen LogP contribution in [0.2, 0.25) is 0 Å². The molecule has 2 N–H and O–H groups in total. The van der Waals surface area contributed by atoms with E-state index in [-0.39, 0.29) is 12.2 Å². The van der Waals surface area contributed by atoms with Crippen molar-refractivity contribution in [1.82, 2.24) is 0 Å². The fraction of sp³-hybridized carbons (Fsp3) is 0.250. The van der Waals surface area contributed by atoms with E-state index in [2.05, 4.69) is 0 Å². The summed E-state index contributed by atoms with van der Waals surface area (Å²) in [6, 6.07) is 2.76. The van der Waals surface area contributed by atoms with Crippen molar-refractivity contribution in [2.45, 2.75) is 13.5 Å². The van der Waals surface area contributed by atoms with E-state index >= 15 is 0 Å². The molecule has 0 aromatic heterocycles. The van der Waals surface area contributed by atoms with Crippen LogP contribution in [0.25, 0.3) is 0 Å². The molecule has 0 aliphatic rings. The molecule has 11 heavy (non-hydrogen) atoms. The van der Waals surface area contributed by atoms with Crippen molar-refractivity contribution in [3.63, 3.8) is 0 Å². The van der Waals surface area contributed by atoms with Crippen molar-refractivity contribution in [1.29, 1.82) is 0 Å². The molecule has 0 amide bonds. The molecule has 0 unspecified atom stereocenters. The molecular weight excluding hydrogens is 147 g/mol. The zero-order valence-electron chi connectivity index (χ0n) is 6.13. The van der Waals surface area contributed by atoms with Crippen LogP contribution in [0.5, 0.6) is 5.75 Å². The number of phenols is 1. The summed E-state index contributed by atoms with van der Waals surface area (Å²) in [6.45, 7) is 1.35. The van der Waals surface area contributed by atoms with E-state index in [1.165, 1.54) is 6.07 Å². The van der Waals surface area contributed by atoms with Crippen LogP contribution in [0.15, 0.2) is 12.1 Å². The van der Waals surface area contributed by atoms with Gasteiger partial charge < -0.3 is 10.2 Å². The lowest BCUT2D eigenvalue weighted by Gasteiger charge is -2.02. The third kappa shape index (κ3) is 1.49. The largest absolute Gasteiger partial charge is 0.505 e. The van der Waals surface area contributed by atoms with Gasteiger partial charge in [0.2, 0.25) is 0 Å². The lowest BCUT2D eigenvalue weighted by atomic mass is 10.1. The van der Waals surface area contributed by atoms with Crippen LogP contribution in [0.3, 0.4) is 0 Å². The van der Waals surface area contributed by atoms with Crippen LogP contribution in [0.4, 0.5) is 4.39 Å². The molecule has 0 aliphatic heterocycles. The van der Waals surface area contributed by atoms with E-state index < -0.39 is 11.6 Å². The van der Waals surface area contributed by atoms with Crippen molar-refractivity contribution in [2.75, 3.05) is 0 Å². The number of aliphatic hydroxyl groups is 1. The Morgan fingerprint density at radius 3 is 2.64 bits per heavy atom. The maximum atomic E-state index is 12.7. The van der Waals surface area contributed by atoms with Gasteiger partial charge in [-0.1, -0.05) is 0 Å². The van der Waals surface area contributed by atoms with Crippen molar-refractivity contribution in [2.24, 2.45) is 0 Å². The zero-order chi connectivity index (χ0) is 8.43. The smallest absolute Gasteiger partial charge is 0.165 e. The van der Waals surface area contributed by atoms with Crippen LogP contribution in [-0.2, 0) is 6.61 Å². The molecule has 1 rings (SSSR count). The number of hydrogen-bond donors (Lipinski definition) is 2. The Labute approximate surface area is 63.9 Å².